The lowest BCUT2D eigenvalue weighted by Gasteiger charge is -2.19. The third-order valence-electron chi connectivity index (χ3n) is 0.826. The van der Waals surface area contributed by atoms with E-state index in [-0.39, 0.29) is 12.7 Å². The molecule has 0 unspecified atom stereocenters. The summed E-state index contributed by atoms with van der Waals surface area (Å²) in [5, 5.41) is 8.54. The molecular formula is C5H11ClO2. The van der Waals surface area contributed by atoms with Crippen LogP contribution in [0.25, 0.3) is 0 Å². The molecule has 0 amide bonds. The lowest BCUT2D eigenvalue weighted by atomic mass is 10.2. The summed E-state index contributed by atoms with van der Waals surface area (Å²) in [5.41, 5.74) is -0.484. The van der Waals surface area contributed by atoms with E-state index in [9.17, 15) is 0 Å². The Morgan fingerprint density at radius 2 is 2.12 bits per heavy atom. The van der Waals surface area contributed by atoms with E-state index >= 15 is 0 Å². The molecule has 3 heteroatoms. The van der Waals surface area contributed by atoms with Gasteiger partial charge in [0.1, 0.15) is 6.07 Å². The summed E-state index contributed by atoms with van der Waals surface area (Å²) in [6.45, 7) is 3.55. The Bertz CT molecular complexity index is 63.4. The molecule has 0 heterocycles. The van der Waals surface area contributed by atoms with Gasteiger partial charge in [-0.2, -0.15) is 0 Å². The van der Waals surface area contributed by atoms with Crippen LogP contribution in [0, 0.1) is 0 Å². The minimum Gasteiger partial charge on any atom is -0.393 e. The maximum absolute atomic E-state index is 8.54. The number of rotatable bonds is 3. The van der Waals surface area contributed by atoms with E-state index in [0.717, 1.165) is 0 Å². The number of hydrogen-bond acceptors (Lipinski definition) is 2. The molecule has 1 N–H and O–H groups in total. The number of ether oxygens (including phenoxy) is 1. The molecule has 0 aliphatic heterocycles. The smallest absolute Gasteiger partial charge is 0.121 e. The van der Waals surface area contributed by atoms with E-state index in [2.05, 4.69) is 0 Å². The van der Waals surface area contributed by atoms with Crippen molar-refractivity contribution >= 4 is 11.6 Å². The number of halogens is 1. The summed E-state index contributed by atoms with van der Waals surface area (Å²) in [4.78, 5) is 0. The number of aliphatic hydroxyl groups excluding tert-OH is 1. The van der Waals surface area contributed by atoms with E-state index in [1.54, 1.807) is 13.8 Å². The zero-order chi connectivity index (χ0) is 6.62. The second-order valence-corrected chi connectivity index (χ2v) is 2.39. The van der Waals surface area contributed by atoms with Gasteiger partial charge in [-0.1, -0.05) is 11.6 Å². The number of alkyl halides is 1. The number of aliphatic hydroxyl groups is 1. The normalized spacial score (nSPS) is 12.0. The third-order valence-corrected chi connectivity index (χ3v) is 0.935. The molecule has 0 aliphatic rings. The second kappa shape index (κ2) is 3.28. The standard InChI is InChI=1S/C5H11ClO2/c1-5(2,3-7)8-4-6/h7H,3-4H2,1-2H3. The summed E-state index contributed by atoms with van der Waals surface area (Å²) >= 11 is 5.23. The summed E-state index contributed by atoms with van der Waals surface area (Å²) in [6.07, 6.45) is 0. The van der Waals surface area contributed by atoms with Crippen molar-refractivity contribution in [2.75, 3.05) is 12.7 Å². The maximum Gasteiger partial charge on any atom is 0.121 e. The van der Waals surface area contributed by atoms with Crippen LogP contribution in [-0.2, 0) is 4.74 Å². The highest BCUT2D eigenvalue weighted by atomic mass is 35.5. The van der Waals surface area contributed by atoms with E-state index in [0.29, 0.717) is 0 Å². The van der Waals surface area contributed by atoms with Gasteiger partial charge < -0.3 is 9.84 Å². The predicted molar refractivity (Wildman–Crippen MR) is 33.0 cm³/mol. The van der Waals surface area contributed by atoms with Gasteiger partial charge in [0.15, 0.2) is 0 Å². The van der Waals surface area contributed by atoms with Crippen LogP contribution in [-0.4, -0.2) is 23.4 Å². The SMILES string of the molecule is CC(C)(CO)OCCl. The average molecular weight is 139 g/mol. The van der Waals surface area contributed by atoms with Gasteiger partial charge >= 0.3 is 0 Å². The largest absolute Gasteiger partial charge is 0.393 e. The van der Waals surface area contributed by atoms with Crippen LogP contribution in [0.2, 0.25) is 0 Å². The van der Waals surface area contributed by atoms with Crippen LogP contribution < -0.4 is 0 Å². The van der Waals surface area contributed by atoms with Crippen molar-refractivity contribution in [1.82, 2.24) is 0 Å². The average Bonchev–Trinajstić information content (AvgIpc) is 1.67. The van der Waals surface area contributed by atoms with Crippen molar-refractivity contribution in [2.45, 2.75) is 19.4 Å². The molecule has 0 atom stereocenters. The Hall–Kier alpha value is 0.210. The molecule has 0 aromatic carbocycles. The van der Waals surface area contributed by atoms with Crippen molar-refractivity contribution in [2.24, 2.45) is 0 Å². The first-order valence-electron chi connectivity index (χ1n) is 2.43. The van der Waals surface area contributed by atoms with Crippen LogP contribution in [0.3, 0.4) is 0 Å². The molecule has 0 aliphatic carbocycles. The monoisotopic (exact) mass is 138 g/mol. The van der Waals surface area contributed by atoms with Crippen LogP contribution in [0.5, 0.6) is 0 Å². The van der Waals surface area contributed by atoms with Crippen molar-refractivity contribution in [3.63, 3.8) is 0 Å². The minimum absolute atomic E-state index is 0.000278. The first kappa shape index (κ1) is 8.21. The Morgan fingerprint density at radius 1 is 1.62 bits per heavy atom. The zero-order valence-corrected chi connectivity index (χ0v) is 5.90. The van der Waals surface area contributed by atoms with Crippen LogP contribution in [0.1, 0.15) is 13.8 Å². The fraction of sp³-hybridized carbons (Fsp3) is 1.00. The molecule has 2 nitrogen and oxygen atoms in total. The Morgan fingerprint density at radius 3 is 2.25 bits per heavy atom. The van der Waals surface area contributed by atoms with Gasteiger partial charge in [0.2, 0.25) is 0 Å². The van der Waals surface area contributed by atoms with Gasteiger partial charge in [-0.15, -0.1) is 0 Å². The molecule has 0 spiro atoms. The molecule has 0 bridgehead atoms. The molecule has 0 radical (unpaired) electrons. The van der Waals surface area contributed by atoms with Gasteiger partial charge in [-0.25, -0.2) is 0 Å². The second-order valence-electron chi connectivity index (χ2n) is 2.17. The quantitative estimate of drug-likeness (QED) is 0.589. The highest BCUT2D eigenvalue weighted by Gasteiger charge is 2.14. The maximum atomic E-state index is 8.54. The summed E-state index contributed by atoms with van der Waals surface area (Å²) in [6, 6.07) is 0.133. The van der Waals surface area contributed by atoms with Crippen molar-refractivity contribution < 1.29 is 9.84 Å². The molecule has 0 saturated heterocycles. The predicted octanol–water partition coefficient (Wildman–Crippen LogP) is 0.970. The van der Waals surface area contributed by atoms with Crippen LogP contribution in [0.4, 0.5) is 0 Å². The van der Waals surface area contributed by atoms with Crippen molar-refractivity contribution in [3.05, 3.63) is 0 Å². The summed E-state index contributed by atoms with van der Waals surface area (Å²) in [5.74, 6) is 0. The van der Waals surface area contributed by atoms with Crippen molar-refractivity contribution in [3.8, 4) is 0 Å². The van der Waals surface area contributed by atoms with Gasteiger partial charge in [-0.05, 0) is 13.8 Å². The van der Waals surface area contributed by atoms with Gasteiger partial charge in [-0.3, -0.25) is 0 Å². The Balaban J connectivity index is 3.37. The zero-order valence-electron chi connectivity index (χ0n) is 5.15. The molecule has 8 heavy (non-hydrogen) atoms. The molecular weight excluding hydrogens is 128 g/mol. The lowest BCUT2D eigenvalue weighted by Crippen LogP contribution is -2.28. The molecule has 0 fully saturated rings. The third kappa shape index (κ3) is 3.24. The molecule has 0 rings (SSSR count). The highest BCUT2D eigenvalue weighted by Crippen LogP contribution is 2.06. The molecule has 0 aromatic rings. The van der Waals surface area contributed by atoms with Gasteiger partial charge in [0.05, 0.1) is 12.2 Å². The molecule has 50 valence electrons. The van der Waals surface area contributed by atoms with Crippen LogP contribution >= 0.6 is 11.6 Å². The van der Waals surface area contributed by atoms with E-state index in [4.69, 9.17) is 21.4 Å². The van der Waals surface area contributed by atoms with Crippen LogP contribution in [0.15, 0.2) is 0 Å². The first-order chi connectivity index (χ1) is 3.62. The molecule has 0 aromatic heterocycles. The minimum atomic E-state index is -0.484. The lowest BCUT2D eigenvalue weighted by molar-refractivity contribution is -0.0324. The van der Waals surface area contributed by atoms with Crippen molar-refractivity contribution in [1.29, 1.82) is 0 Å². The summed E-state index contributed by atoms with van der Waals surface area (Å²) in [7, 11) is 0. The molecule has 0 saturated carbocycles. The topological polar surface area (TPSA) is 29.5 Å². The van der Waals surface area contributed by atoms with E-state index < -0.39 is 5.60 Å². The fourth-order valence-corrected chi connectivity index (χ4v) is 0.489. The highest BCUT2D eigenvalue weighted by molar-refractivity contribution is 6.17. The Labute approximate surface area is 54.4 Å². The summed E-state index contributed by atoms with van der Waals surface area (Å²) < 4.78 is 4.89. The first-order valence-corrected chi connectivity index (χ1v) is 2.96. The van der Waals surface area contributed by atoms with E-state index in [1.165, 1.54) is 0 Å². The number of hydrogen-bond donors (Lipinski definition) is 1. The fourth-order valence-electron chi connectivity index (χ4n) is 0.193. The van der Waals surface area contributed by atoms with E-state index in [1.807, 2.05) is 0 Å². The Kier molecular flexibility index (Phi) is 3.36. The van der Waals surface area contributed by atoms with Gasteiger partial charge in [0.25, 0.3) is 0 Å². The van der Waals surface area contributed by atoms with Gasteiger partial charge in [0, 0.05) is 0 Å².